The fourth-order valence-electron chi connectivity index (χ4n) is 2.37. The van der Waals surface area contributed by atoms with E-state index >= 15 is 0 Å². The molecule has 110 valence electrons. The van der Waals surface area contributed by atoms with Gasteiger partial charge in [-0.1, -0.05) is 0 Å². The van der Waals surface area contributed by atoms with Crippen LogP contribution in [-0.4, -0.2) is 51.4 Å². The number of rotatable bonds is 4. The van der Waals surface area contributed by atoms with Crippen LogP contribution in [0.25, 0.3) is 0 Å². The summed E-state index contributed by atoms with van der Waals surface area (Å²) in [5, 5.41) is 16.0. The van der Waals surface area contributed by atoms with E-state index in [2.05, 4.69) is 10.4 Å². The number of nitrogens with zero attached hydrogens (tertiary/aromatic N) is 3. The number of hydrogen-bond donors (Lipinski definition) is 2. The zero-order valence-electron chi connectivity index (χ0n) is 11.6. The van der Waals surface area contributed by atoms with E-state index in [0.29, 0.717) is 32.5 Å². The molecule has 1 fully saturated rings. The van der Waals surface area contributed by atoms with Gasteiger partial charge in [0.25, 0.3) is 0 Å². The van der Waals surface area contributed by atoms with E-state index in [9.17, 15) is 9.59 Å². The highest BCUT2D eigenvalue weighted by atomic mass is 16.4. The third kappa shape index (κ3) is 3.72. The maximum absolute atomic E-state index is 12.0. The quantitative estimate of drug-likeness (QED) is 0.839. The number of carbonyl (C=O) groups excluding carboxylic acids is 1. The van der Waals surface area contributed by atoms with Gasteiger partial charge in [-0.25, -0.2) is 4.79 Å². The van der Waals surface area contributed by atoms with E-state index in [-0.39, 0.29) is 6.03 Å². The van der Waals surface area contributed by atoms with Crippen molar-refractivity contribution in [2.24, 2.45) is 13.0 Å². The number of piperidine rings is 1. The Morgan fingerprint density at radius 3 is 3.00 bits per heavy atom. The van der Waals surface area contributed by atoms with Crippen LogP contribution in [0.5, 0.6) is 0 Å². The third-order valence-corrected chi connectivity index (χ3v) is 3.48. The Bertz CT molecular complexity index is 486. The second-order valence-electron chi connectivity index (χ2n) is 5.09. The molecular weight excluding hydrogens is 260 g/mol. The van der Waals surface area contributed by atoms with Gasteiger partial charge in [0, 0.05) is 39.3 Å². The maximum atomic E-state index is 12.0. The lowest BCUT2D eigenvalue weighted by Crippen LogP contribution is -2.47. The number of hydrogen-bond acceptors (Lipinski definition) is 3. The number of carboxylic acids is 1. The van der Waals surface area contributed by atoms with Gasteiger partial charge in [0.05, 0.1) is 11.6 Å². The van der Waals surface area contributed by atoms with Crippen molar-refractivity contribution >= 4 is 12.0 Å². The molecule has 2 heterocycles. The third-order valence-electron chi connectivity index (χ3n) is 3.48. The predicted octanol–water partition coefficient (Wildman–Crippen LogP) is 0.469. The average Bonchev–Trinajstić information content (AvgIpc) is 2.84. The van der Waals surface area contributed by atoms with Crippen molar-refractivity contribution < 1.29 is 14.7 Å². The van der Waals surface area contributed by atoms with Gasteiger partial charge in [-0.3, -0.25) is 9.48 Å². The molecule has 2 amide bonds. The van der Waals surface area contributed by atoms with Crippen molar-refractivity contribution in [3.05, 3.63) is 18.0 Å². The summed E-state index contributed by atoms with van der Waals surface area (Å²) >= 11 is 0. The number of amides is 2. The van der Waals surface area contributed by atoms with Crippen LogP contribution < -0.4 is 5.32 Å². The minimum Gasteiger partial charge on any atom is -0.481 e. The summed E-state index contributed by atoms with van der Waals surface area (Å²) in [7, 11) is 1.85. The second kappa shape index (κ2) is 6.40. The fraction of sp³-hybridized carbons (Fsp3) is 0.615. The average molecular weight is 280 g/mol. The predicted molar refractivity (Wildman–Crippen MR) is 72.2 cm³/mol. The maximum Gasteiger partial charge on any atom is 0.317 e. The van der Waals surface area contributed by atoms with Crippen molar-refractivity contribution in [1.29, 1.82) is 0 Å². The van der Waals surface area contributed by atoms with Crippen LogP contribution >= 0.6 is 0 Å². The van der Waals surface area contributed by atoms with Gasteiger partial charge in [0.1, 0.15) is 0 Å². The number of urea groups is 1. The Morgan fingerprint density at radius 1 is 1.55 bits per heavy atom. The highest BCUT2D eigenvalue weighted by molar-refractivity contribution is 5.76. The molecule has 1 atom stereocenters. The van der Waals surface area contributed by atoms with Crippen LogP contribution in [0.4, 0.5) is 4.79 Å². The summed E-state index contributed by atoms with van der Waals surface area (Å²) in [6, 6.07) is 1.72. The Morgan fingerprint density at radius 2 is 2.35 bits per heavy atom. The van der Waals surface area contributed by atoms with Crippen molar-refractivity contribution in [3.8, 4) is 0 Å². The van der Waals surface area contributed by atoms with Crippen molar-refractivity contribution in [2.75, 3.05) is 19.6 Å². The lowest BCUT2D eigenvalue weighted by atomic mass is 9.99. The summed E-state index contributed by atoms with van der Waals surface area (Å²) in [6.45, 7) is 1.42. The summed E-state index contributed by atoms with van der Waals surface area (Å²) < 4.78 is 1.72. The van der Waals surface area contributed by atoms with E-state index in [1.54, 1.807) is 9.58 Å². The zero-order valence-corrected chi connectivity index (χ0v) is 11.6. The van der Waals surface area contributed by atoms with Crippen molar-refractivity contribution in [3.63, 3.8) is 0 Å². The monoisotopic (exact) mass is 280 g/mol. The molecule has 0 aromatic carbocycles. The largest absolute Gasteiger partial charge is 0.481 e. The smallest absolute Gasteiger partial charge is 0.317 e. The summed E-state index contributed by atoms with van der Waals surface area (Å²) in [5.74, 6) is -1.26. The van der Waals surface area contributed by atoms with Crippen LogP contribution in [0.1, 0.15) is 18.5 Å². The Labute approximate surface area is 117 Å². The number of aromatic nitrogens is 2. The number of carboxylic acid groups (broad SMARTS) is 1. The topological polar surface area (TPSA) is 87.5 Å². The molecule has 7 heteroatoms. The summed E-state index contributed by atoms with van der Waals surface area (Å²) in [4.78, 5) is 24.5. The first-order valence-corrected chi connectivity index (χ1v) is 6.80. The van der Waals surface area contributed by atoms with Gasteiger partial charge in [-0.05, 0) is 18.9 Å². The molecule has 1 aromatic heterocycles. The SMILES string of the molecule is Cn1ccc(CCNC(=O)N2CCC[C@H](C(=O)O)C2)n1. The molecule has 1 aliphatic rings. The van der Waals surface area contributed by atoms with Gasteiger partial charge < -0.3 is 15.3 Å². The van der Waals surface area contributed by atoms with Gasteiger partial charge in [0.15, 0.2) is 0 Å². The normalized spacial score (nSPS) is 18.9. The minimum atomic E-state index is -0.823. The van der Waals surface area contributed by atoms with Crippen LogP contribution in [0.2, 0.25) is 0 Å². The molecule has 0 bridgehead atoms. The molecule has 7 nitrogen and oxygen atoms in total. The van der Waals surface area contributed by atoms with E-state index in [1.165, 1.54) is 0 Å². The zero-order chi connectivity index (χ0) is 14.5. The molecule has 0 spiro atoms. The number of aliphatic carboxylic acids is 1. The lowest BCUT2D eigenvalue weighted by molar-refractivity contribution is -0.143. The van der Waals surface area contributed by atoms with E-state index in [1.807, 2.05) is 19.3 Å². The molecule has 0 radical (unpaired) electrons. The first-order chi connectivity index (χ1) is 9.56. The molecule has 1 aromatic rings. The fourth-order valence-corrected chi connectivity index (χ4v) is 2.37. The summed E-state index contributed by atoms with van der Waals surface area (Å²) in [5.41, 5.74) is 0.926. The molecule has 20 heavy (non-hydrogen) atoms. The Hall–Kier alpha value is -2.05. The Kier molecular flexibility index (Phi) is 4.60. The Balaban J connectivity index is 1.75. The first kappa shape index (κ1) is 14.4. The molecule has 0 unspecified atom stereocenters. The van der Waals surface area contributed by atoms with Crippen LogP contribution in [0.15, 0.2) is 12.3 Å². The van der Waals surface area contributed by atoms with E-state index in [0.717, 1.165) is 12.1 Å². The second-order valence-corrected chi connectivity index (χ2v) is 5.09. The van der Waals surface area contributed by atoms with Crippen LogP contribution in [0, 0.1) is 5.92 Å². The van der Waals surface area contributed by atoms with Crippen LogP contribution in [0.3, 0.4) is 0 Å². The van der Waals surface area contributed by atoms with Crippen LogP contribution in [-0.2, 0) is 18.3 Å². The lowest BCUT2D eigenvalue weighted by Gasteiger charge is -2.30. The standard InChI is InChI=1S/C13H20N4O3/c1-16-8-5-11(15-16)4-6-14-13(20)17-7-2-3-10(9-17)12(18)19/h5,8,10H,2-4,6-7,9H2,1H3,(H,14,20)(H,18,19)/t10-/m0/s1. The van der Waals surface area contributed by atoms with Crippen molar-refractivity contribution in [2.45, 2.75) is 19.3 Å². The number of carbonyl (C=O) groups is 2. The molecule has 1 saturated heterocycles. The highest BCUT2D eigenvalue weighted by Crippen LogP contribution is 2.16. The number of aryl methyl sites for hydroxylation is 1. The molecular formula is C13H20N4O3. The molecule has 0 aliphatic carbocycles. The van der Waals surface area contributed by atoms with E-state index in [4.69, 9.17) is 5.11 Å². The summed E-state index contributed by atoms with van der Waals surface area (Å²) in [6.07, 6.45) is 3.92. The van der Waals surface area contributed by atoms with E-state index < -0.39 is 11.9 Å². The molecule has 1 aliphatic heterocycles. The van der Waals surface area contributed by atoms with Crippen molar-refractivity contribution in [1.82, 2.24) is 20.0 Å². The van der Waals surface area contributed by atoms with Gasteiger partial charge in [0.2, 0.25) is 0 Å². The molecule has 2 N–H and O–H groups in total. The molecule has 0 saturated carbocycles. The van der Waals surface area contributed by atoms with Gasteiger partial charge in [-0.15, -0.1) is 0 Å². The first-order valence-electron chi connectivity index (χ1n) is 6.80. The molecule has 2 rings (SSSR count). The minimum absolute atomic E-state index is 0.188. The number of likely N-dealkylation sites (tertiary alicyclic amines) is 1. The highest BCUT2D eigenvalue weighted by Gasteiger charge is 2.27. The van der Waals surface area contributed by atoms with Gasteiger partial charge >= 0.3 is 12.0 Å². The van der Waals surface area contributed by atoms with Gasteiger partial charge in [-0.2, -0.15) is 5.10 Å². The number of nitrogens with one attached hydrogen (secondary N) is 1.